The van der Waals surface area contributed by atoms with Crippen LogP contribution in [0.15, 0.2) is 46.9 Å². The van der Waals surface area contributed by atoms with E-state index >= 15 is 0 Å². The quantitative estimate of drug-likeness (QED) is 0.678. The molecule has 0 aliphatic carbocycles. The fraction of sp³-hybridized carbons (Fsp3) is 0.381. The first-order chi connectivity index (χ1) is 12.6. The minimum atomic E-state index is -0.207. The van der Waals surface area contributed by atoms with Crippen molar-refractivity contribution in [1.29, 1.82) is 0 Å². The average Bonchev–Trinajstić information content (AvgIpc) is 3.06. The molecule has 1 unspecified atom stereocenters. The molecule has 134 valence electrons. The van der Waals surface area contributed by atoms with E-state index in [1.165, 1.54) is 5.56 Å². The van der Waals surface area contributed by atoms with Crippen LogP contribution in [0.4, 0.5) is 11.4 Å². The van der Waals surface area contributed by atoms with E-state index in [1.54, 1.807) is 0 Å². The van der Waals surface area contributed by atoms with Crippen LogP contribution in [0.3, 0.4) is 0 Å². The van der Waals surface area contributed by atoms with E-state index in [4.69, 9.17) is 0 Å². The molecule has 1 atom stereocenters. The number of hydrogen-bond acceptors (Lipinski definition) is 3. The molecule has 5 rings (SSSR count). The molecule has 1 spiro atoms. The van der Waals surface area contributed by atoms with Gasteiger partial charge in [-0.15, -0.1) is 0 Å². The van der Waals surface area contributed by atoms with Gasteiger partial charge in [0.1, 0.15) is 5.66 Å². The smallest absolute Gasteiger partial charge is 0.276 e. The molecule has 0 radical (unpaired) electrons. The van der Waals surface area contributed by atoms with Crippen LogP contribution >= 0.6 is 15.9 Å². The lowest BCUT2D eigenvalue weighted by molar-refractivity contribution is 0.0262. The van der Waals surface area contributed by atoms with E-state index in [1.807, 2.05) is 12.1 Å². The predicted molar refractivity (Wildman–Crippen MR) is 107 cm³/mol. The summed E-state index contributed by atoms with van der Waals surface area (Å²) in [6.45, 7) is 3.99. The van der Waals surface area contributed by atoms with Gasteiger partial charge in [-0.3, -0.25) is 9.80 Å². The highest BCUT2D eigenvalue weighted by molar-refractivity contribution is 9.10. The highest BCUT2D eigenvalue weighted by Crippen LogP contribution is 2.49. The number of nitrogens with zero attached hydrogens (tertiary/aromatic N) is 3. The molecule has 26 heavy (non-hydrogen) atoms. The van der Waals surface area contributed by atoms with Gasteiger partial charge in [-0.1, -0.05) is 33.6 Å². The minimum Gasteiger partial charge on any atom is -0.346 e. The van der Waals surface area contributed by atoms with Gasteiger partial charge in [-0.05, 0) is 62.9 Å². The molecule has 2 fully saturated rings. The van der Waals surface area contributed by atoms with E-state index in [0.717, 1.165) is 60.2 Å². The molecule has 2 aromatic rings. The molecule has 0 bridgehead atoms. The summed E-state index contributed by atoms with van der Waals surface area (Å²) in [5, 5.41) is 4.29. The van der Waals surface area contributed by atoms with Gasteiger partial charge in [-0.2, -0.15) is 0 Å². The SMILES string of the molecule is Cc1ccc(N2CCCC34CCCN3c3ccc(Br)cc3C(=O)N24)cc1. The summed E-state index contributed by atoms with van der Waals surface area (Å²) in [4.78, 5) is 16.1. The largest absolute Gasteiger partial charge is 0.346 e. The second-order valence-corrected chi connectivity index (χ2v) is 8.49. The number of halogens is 1. The van der Waals surface area contributed by atoms with Crippen molar-refractivity contribution < 1.29 is 4.79 Å². The summed E-state index contributed by atoms with van der Waals surface area (Å²) in [7, 11) is 0. The van der Waals surface area contributed by atoms with Gasteiger partial charge in [0.05, 0.1) is 16.9 Å². The average molecular weight is 412 g/mol. The number of benzene rings is 2. The van der Waals surface area contributed by atoms with Crippen LogP contribution in [0.2, 0.25) is 0 Å². The maximum Gasteiger partial charge on any atom is 0.276 e. The summed E-state index contributed by atoms with van der Waals surface area (Å²) in [5.74, 6) is 0.125. The Kier molecular flexibility index (Phi) is 3.58. The van der Waals surface area contributed by atoms with Gasteiger partial charge in [0.25, 0.3) is 5.91 Å². The molecule has 0 saturated carbocycles. The summed E-state index contributed by atoms with van der Waals surface area (Å²) in [5.41, 5.74) is 4.03. The fourth-order valence-electron chi connectivity index (χ4n) is 4.92. The molecule has 5 heteroatoms. The maximum absolute atomic E-state index is 13.6. The van der Waals surface area contributed by atoms with Gasteiger partial charge in [0.15, 0.2) is 0 Å². The molecule has 2 saturated heterocycles. The van der Waals surface area contributed by atoms with Crippen LogP contribution in [0.5, 0.6) is 0 Å². The van der Waals surface area contributed by atoms with Crippen LogP contribution in [-0.2, 0) is 0 Å². The van der Waals surface area contributed by atoms with Crippen LogP contribution in [0.1, 0.15) is 41.6 Å². The van der Waals surface area contributed by atoms with Crippen molar-refractivity contribution >= 4 is 33.2 Å². The lowest BCUT2D eigenvalue weighted by atomic mass is 9.91. The first kappa shape index (κ1) is 16.2. The summed E-state index contributed by atoms with van der Waals surface area (Å²) in [6, 6.07) is 14.7. The van der Waals surface area contributed by atoms with Gasteiger partial charge in [-0.25, -0.2) is 5.01 Å². The van der Waals surface area contributed by atoms with Crippen molar-refractivity contribution in [3.63, 3.8) is 0 Å². The number of carbonyl (C=O) groups is 1. The topological polar surface area (TPSA) is 26.8 Å². The Bertz CT molecular complexity index is 881. The van der Waals surface area contributed by atoms with Crippen molar-refractivity contribution in [3.05, 3.63) is 58.1 Å². The Hall–Kier alpha value is -2.01. The highest BCUT2D eigenvalue weighted by Gasteiger charge is 2.56. The van der Waals surface area contributed by atoms with Gasteiger partial charge >= 0.3 is 0 Å². The molecule has 3 aliphatic heterocycles. The lowest BCUT2D eigenvalue weighted by Crippen LogP contribution is -2.70. The number of fused-ring (bicyclic) bond motifs is 2. The Labute approximate surface area is 162 Å². The van der Waals surface area contributed by atoms with Gasteiger partial charge in [0, 0.05) is 17.6 Å². The summed E-state index contributed by atoms with van der Waals surface area (Å²) in [6.07, 6.45) is 4.30. The molecule has 3 aliphatic rings. The van der Waals surface area contributed by atoms with E-state index < -0.39 is 0 Å². The number of hydrazine groups is 1. The first-order valence-corrected chi connectivity index (χ1v) is 10.2. The fourth-order valence-corrected chi connectivity index (χ4v) is 5.28. The normalized spacial score (nSPS) is 24.4. The first-order valence-electron chi connectivity index (χ1n) is 9.36. The standard InChI is InChI=1S/C21H22BrN3O/c1-15-4-7-17(8-5-15)24-13-3-11-21-10-2-12-23(21)19-9-6-16(22)14-18(19)20(26)25(21)24/h4-9,14H,2-3,10-13H2,1H3. The second-order valence-electron chi connectivity index (χ2n) is 7.58. The molecule has 0 aromatic heterocycles. The lowest BCUT2D eigenvalue weighted by Gasteiger charge is -2.58. The Morgan fingerprint density at radius 3 is 2.50 bits per heavy atom. The molecular weight excluding hydrogens is 390 g/mol. The van der Waals surface area contributed by atoms with E-state index in [-0.39, 0.29) is 11.6 Å². The zero-order valence-corrected chi connectivity index (χ0v) is 16.5. The molecule has 1 amide bonds. The Morgan fingerprint density at radius 2 is 1.73 bits per heavy atom. The van der Waals surface area contributed by atoms with Crippen LogP contribution in [0, 0.1) is 6.92 Å². The van der Waals surface area contributed by atoms with Crippen molar-refractivity contribution in [2.75, 3.05) is 23.0 Å². The molecule has 3 heterocycles. The van der Waals surface area contributed by atoms with E-state index in [9.17, 15) is 4.79 Å². The van der Waals surface area contributed by atoms with Crippen LogP contribution in [0.25, 0.3) is 0 Å². The van der Waals surface area contributed by atoms with Crippen LogP contribution in [-0.4, -0.2) is 29.7 Å². The van der Waals surface area contributed by atoms with E-state index in [0.29, 0.717) is 0 Å². The van der Waals surface area contributed by atoms with Gasteiger partial charge in [0.2, 0.25) is 0 Å². The zero-order valence-electron chi connectivity index (χ0n) is 14.9. The summed E-state index contributed by atoms with van der Waals surface area (Å²) < 4.78 is 0.954. The van der Waals surface area contributed by atoms with Gasteiger partial charge < -0.3 is 4.90 Å². The predicted octanol–water partition coefficient (Wildman–Crippen LogP) is 4.73. The van der Waals surface area contributed by atoms with Crippen molar-refractivity contribution in [3.8, 4) is 0 Å². The third-order valence-corrected chi connectivity index (χ3v) is 6.54. The van der Waals surface area contributed by atoms with Crippen molar-refractivity contribution in [1.82, 2.24) is 5.01 Å². The molecular formula is C21H22BrN3O. The number of amides is 1. The number of aryl methyl sites for hydroxylation is 1. The third kappa shape index (κ3) is 2.16. The zero-order chi connectivity index (χ0) is 17.9. The van der Waals surface area contributed by atoms with Crippen molar-refractivity contribution in [2.24, 2.45) is 0 Å². The Morgan fingerprint density at radius 1 is 1.00 bits per heavy atom. The van der Waals surface area contributed by atoms with E-state index in [2.05, 4.69) is 68.1 Å². The number of rotatable bonds is 1. The number of carbonyl (C=O) groups excluding carboxylic acids is 1. The monoisotopic (exact) mass is 411 g/mol. The third-order valence-electron chi connectivity index (χ3n) is 6.05. The maximum atomic E-state index is 13.6. The molecule has 4 nitrogen and oxygen atoms in total. The minimum absolute atomic E-state index is 0.125. The number of hydrogen-bond donors (Lipinski definition) is 0. The molecule has 2 aromatic carbocycles. The Balaban J connectivity index is 1.68. The molecule has 0 N–H and O–H groups in total. The summed E-state index contributed by atoms with van der Waals surface area (Å²) >= 11 is 3.54. The van der Waals surface area contributed by atoms with Crippen LogP contribution < -0.4 is 9.91 Å². The second kappa shape index (κ2) is 5.74. The van der Waals surface area contributed by atoms with Crippen molar-refractivity contribution in [2.45, 2.75) is 38.3 Å². The number of anilines is 2. The highest BCUT2D eigenvalue weighted by atomic mass is 79.9.